The lowest BCUT2D eigenvalue weighted by molar-refractivity contribution is 0.0734. The number of aromatic nitrogens is 1. The average molecular weight is 344 g/mol. The Morgan fingerprint density at radius 2 is 1.85 bits per heavy atom. The van der Waals surface area contributed by atoms with Crippen molar-refractivity contribution in [3.8, 4) is 11.8 Å². The van der Waals surface area contributed by atoms with Crippen LogP contribution in [0.15, 0.2) is 73.1 Å². The van der Waals surface area contributed by atoms with Crippen molar-refractivity contribution >= 4 is 17.6 Å². The molecule has 0 N–H and O–H groups in total. The van der Waals surface area contributed by atoms with Gasteiger partial charge in [-0.1, -0.05) is 30.3 Å². The molecule has 0 bridgehead atoms. The molecule has 0 saturated heterocycles. The summed E-state index contributed by atoms with van der Waals surface area (Å²) < 4.78 is 19.1. The highest BCUT2D eigenvalue weighted by Gasteiger charge is 2.09. The maximum atomic E-state index is 13.8. The minimum Gasteiger partial charge on any atom is -0.423 e. The molecule has 0 amide bonds. The number of hydrogen-bond donors (Lipinski definition) is 0. The Morgan fingerprint density at radius 3 is 2.50 bits per heavy atom. The van der Waals surface area contributed by atoms with E-state index in [1.54, 1.807) is 66.9 Å². The molecule has 126 valence electrons. The van der Waals surface area contributed by atoms with Crippen molar-refractivity contribution in [1.29, 1.82) is 5.26 Å². The fourth-order valence-electron chi connectivity index (χ4n) is 2.30. The summed E-state index contributed by atoms with van der Waals surface area (Å²) in [6.07, 6.45) is 4.57. The Morgan fingerprint density at radius 1 is 1.08 bits per heavy atom. The molecule has 0 fully saturated rings. The predicted octanol–water partition coefficient (Wildman–Crippen LogP) is 4.50. The zero-order chi connectivity index (χ0) is 18.4. The molecular weight excluding hydrogens is 331 g/mol. The molecule has 5 heteroatoms. The zero-order valence-electron chi connectivity index (χ0n) is 13.6. The minimum absolute atomic E-state index is 0.211. The van der Waals surface area contributed by atoms with E-state index >= 15 is 0 Å². The number of carbonyl (C=O) groups excluding carboxylic acids is 1. The van der Waals surface area contributed by atoms with Gasteiger partial charge in [-0.05, 0) is 42.0 Å². The molecular formula is C21H13FN2O2. The van der Waals surface area contributed by atoms with Gasteiger partial charge >= 0.3 is 5.97 Å². The van der Waals surface area contributed by atoms with Gasteiger partial charge in [-0.15, -0.1) is 0 Å². The van der Waals surface area contributed by atoms with E-state index in [0.29, 0.717) is 16.9 Å². The normalized spacial score (nSPS) is 10.8. The van der Waals surface area contributed by atoms with Crippen LogP contribution in [0.1, 0.15) is 21.5 Å². The molecule has 1 aromatic heterocycles. The number of nitrogens with zero attached hydrogens (tertiary/aromatic N) is 2. The van der Waals surface area contributed by atoms with Crippen molar-refractivity contribution < 1.29 is 13.9 Å². The number of esters is 1. The number of hydrogen-bond acceptors (Lipinski definition) is 4. The summed E-state index contributed by atoms with van der Waals surface area (Å²) in [6, 6.07) is 17.9. The molecule has 4 nitrogen and oxygen atoms in total. The van der Waals surface area contributed by atoms with Crippen LogP contribution in [0.2, 0.25) is 0 Å². The first kappa shape index (κ1) is 17.1. The fourth-order valence-corrected chi connectivity index (χ4v) is 2.30. The first-order valence-corrected chi connectivity index (χ1v) is 7.76. The van der Waals surface area contributed by atoms with Crippen molar-refractivity contribution in [2.75, 3.05) is 0 Å². The molecule has 0 saturated carbocycles. The number of rotatable bonds is 4. The van der Waals surface area contributed by atoms with E-state index in [1.807, 2.05) is 6.07 Å². The Labute approximate surface area is 149 Å². The topological polar surface area (TPSA) is 63.0 Å². The van der Waals surface area contributed by atoms with Crippen LogP contribution < -0.4 is 4.74 Å². The van der Waals surface area contributed by atoms with E-state index in [9.17, 15) is 14.4 Å². The van der Waals surface area contributed by atoms with E-state index in [1.165, 1.54) is 12.3 Å². The van der Waals surface area contributed by atoms with Crippen LogP contribution in [0.3, 0.4) is 0 Å². The van der Waals surface area contributed by atoms with Gasteiger partial charge in [0.25, 0.3) is 0 Å². The SMILES string of the molecule is N#C/C(=C/c1ccc(OC(=O)c2cccnc2)cc1)c1ccccc1F. The summed E-state index contributed by atoms with van der Waals surface area (Å²) >= 11 is 0. The van der Waals surface area contributed by atoms with Crippen LogP contribution >= 0.6 is 0 Å². The van der Waals surface area contributed by atoms with E-state index in [4.69, 9.17) is 4.74 Å². The summed E-state index contributed by atoms with van der Waals surface area (Å²) in [5.74, 6) is -0.604. The number of benzene rings is 2. The minimum atomic E-state index is -0.509. The van der Waals surface area contributed by atoms with Crippen molar-refractivity contribution in [3.05, 3.63) is 95.6 Å². The van der Waals surface area contributed by atoms with Crippen molar-refractivity contribution in [2.24, 2.45) is 0 Å². The lowest BCUT2D eigenvalue weighted by atomic mass is 10.0. The van der Waals surface area contributed by atoms with E-state index in [2.05, 4.69) is 4.98 Å². The number of carbonyl (C=O) groups is 1. The molecule has 0 radical (unpaired) electrons. The van der Waals surface area contributed by atoms with Gasteiger partial charge in [-0.2, -0.15) is 5.26 Å². The maximum Gasteiger partial charge on any atom is 0.345 e. The Bertz CT molecular complexity index is 991. The molecule has 0 aliphatic carbocycles. The van der Waals surface area contributed by atoms with Gasteiger partial charge in [0, 0.05) is 18.0 Å². The van der Waals surface area contributed by atoms with Crippen molar-refractivity contribution in [3.63, 3.8) is 0 Å². The van der Waals surface area contributed by atoms with Gasteiger partial charge in [0.15, 0.2) is 0 Å². The van der Waals surface area contributed by atoms with Crippen LogP contribution in [-0.4, -0.2) is 11.0 Å². The van der Waals surface area contributed by atoms with E-state index in [-0.39, 0.29) is 11.1 Å². The van der Waals surface area contributed by atoms with E-state index in [0.717, 1.165) is 0 Å². The molecule has 0 spiro atoms. The lowest BCUT2D eigenvalue weighted by Gasteiger charge is -2.05. The summed E-state index contributed by atoms with van der Waals surface area (Å²) in [6.45, 7) is 0. The Balaban J connectivity index is 1.78. The van der Waals surface area contributed by atoms with Crippen LogP contribution in [0.5, 0.6) is 5.75 Å². The molecule has 2 aromatic carbocycles. The van der Waals surface area contributed by atoms with Crippen molar-refractivity contribution in [2.45, 2.75) is 0 Å². The number of pyridine rings is 1. The summed E-state index contributed by atoms with van der Waals surface area (Å²) in [5.41, 5.74) is 1.49. The van der Waals surface area contributed by atoms with Crippen LogP contribution in [0.25, 0.3) is 11.6 Å². The molecule has 26 heavy (non-hydrogen) atoms. The standard InChI is InChI=1S/C21H13FN2O2/c22-20-6-2-1-5-19(20)17(13-23)12-15-7-9-18(10-8-15)26-21(25)16-4-3-11-24-14-16/h1-12,14H/b17-12-. The van der Waals surface area contributed by atoms with Crippen LogP contribution in [0, 0.1) is 17.1 Å². The summed E-state index contributed by atoms with van der Waals surface area (Å²) in [5, 5.41) is 9.30. The largest absolute Gasteiger partial charge is 0.423 e. The molecule has 0 atom stereocenters. The highest BCUT2D eigenvalue weighted by atomic mass is 19.1. The third kappa shape index (κ3) is 4.00. The third-order valence-electron chi connectivity index (χ3n) is 3.58. The number of halogens is 1. The van der Waals surface area contributed by atoms with Gasteiger partial charge in [-0.3, -0.25) is 4.98 Å². The van der Waals surface area contributed by atoms with E-state index < -0.39 is 11.8 Å². The summed E-state index contributed by atoms with van der Waals surface area (Å²) in [7, 11) is 0. The molecule has 3 aromatic rings. The van der Waals surface area contributed by atoms with Crippen molar-refractivity contribution in [1.82, 2.24) is 4.98 Å². The fraction of sp³-hybridized carbons (Fsp3) is 0. The molecule has 3 rings (SSSR count). The Kier molecular flexibility index (Phi) is 5.16. The van der Waals surface area contributed by atoms with Crippen LogP contribution in [-0.2, 0) is 0 Å². The molecule has 0 unspecified atom stereocenters. The van der Waals surface area contributed by atoms with Gasteiger partial charge < -0.3 is 4.74 Å². The first-order valence-electron chi connectivity index (χ1n) is 7.76. The molecule has 1 heterocycles. The Hall–Kier alpha value is -3.78. The quantitative estimate of drug-likeness (QED) is 0.302. The monoisotopic (exact) mass is 344 g/mol. The first-order chi connectivity index (χ1) is 12.7. The number of ether oxygens (including phenoxy) is 1. The third-order valence-corrected chi connectivity index (χ3v) is 3.58. The number of allylic oxidation sites excluding steroid dienone is 1. The highest BCUT2D eigenvalue weighted by Crippen LogP contribution is 2.22. The number of nitriles is 1. The molecule has 0 aliphatic rings. The average Bonchev–Trinajstić information content (AvgIpc) is 2.69. The second-order valence-electron chi connectivity index (χ2n) is 5.35. The smallest absolute Gasteiger partial charge is 0.345 e. The second kappa shape index (κ2) is 7.86. The maximum absolute atomic E-state index is 13.8. The van der Waals surface area contributed by atoms with Gasteiger partial charge in [0.2, 0.25) is 0 Å². The zero-order valence-corrected chi connectivity index (χ0v) is 13.6. The lowest BCUT2D eigenvalue weighted by Crippen LogP contribution is -2.08. The van der Waals surface area contributed by atoms with Gasteiger partial charge in [-0.25, -0.2) is 9.18 Å². The van der Waals surface area contributed by atoms with Crippen LogP contribution in [0.4, 0.5) is 4.39 Å². The van der Waals surface area contributed by atoms with Gasteiger partial charge in [0.05, 0.1) is 17.2 Å². The highest BCUT2D eigenvalue weighted by molar-refractivity contribution is 5.91. The second-order valence-corrected chi connectivity index (χ2v) is 5.35. The summed E-state index contributed by atoms with van der Waals surface area (Å²) in [4.78, 5) is 15.9. The molecule has 0 aliphatic heterocycles. The predicted molar refractivity (Wildman–Crippen MR) is 95.5 cm³/mol. The van der Waals surface area contributed by atoms with Gasteiger partial charge in [0.1, 0.15) is 11.6 Å².